The standard InChI is InChI=1S/C31H32O2/c1-5-31(4,6-2)26-10-8-12-30(22-26)33-28-19-15-25(16-20-28)24-13-17-27(18-14-24)32-29-11-7-9-23(3)21-29/h7-22H,5-6H2,1-4H3. The van der Waals surface area contributed by atoms with E-state index in [4.69, 9.17) is 9.47 Å². The smallest absolute Gasteiger partial charge is 0.127 e. The van der Waals surface area contributed by atoms with E-state index in [0.29, 0.717) is 0 Å². The second kappa shape index (κ2) is 9.95. The molecule has 0 unspecified atom stereocenters. The van der Waals surface area contributed by atoms with Crippen molar-refractivity contribution < 1.29 is 9.47 Å². The van der Waals surface area contributed by atoms with Crippen molar-refractivity contribution in [2.45, 2.75) is 46.0 Å². The summed E-state index contributed by atoms with van der Waals surface area (Å²) in [6.07, 6.45) is 2.22. The third-order valence-corrected chi connectivity index (χ3v) is 6.59. The van der Waals surface area contributed by atoms with Gasteiger partial charge in [-0.3, -0.25) is 0 Å². The van der Waals surface area contributed by atoms with Gasteiger partial charge in [-0.15, -0.1) is 0 Å². The molecule has 0 aromatic heterocycles. The van der Waals surface area contributed by atoms with Crippen LogP contribution >= 0.6 is 0 Å². The highest BCUT2D eigenvalue weighted by Crippen LogP contribution is 2.34. The van der Waals surface area contributed by atoms with E-state index in [1.165, 1.54) is 11.1 Å². The van der Waals surface area contributed by atoms with E-state index in [9.17, 15) is 0 Å². The van der Waals surface area contributed by atoms with Gasteiger partial charge in [-0.1, -0.05) is 69.3 Å². The molecule has 0 aliphatic rings. The first-order chi connectivity index (χ1) is 16.0. The average Bonchev–Trinajstić information content (AvgIpc) is 2.85. The summed E-state index contributed by atoms with van der Waals surface area (Å²) < 4.78 is 12.1. The van der Waals surface area contributed by atoms with Gasteiger partial charge in [0.15, 0.2) is 0 Å². The maximum absolute atomic E-state index is 6.17. The predicted octanol–water partition coefficient (Wildman–Crippen LogP) is 9.32. The molecule has 0 aliphatic heterocycles. The van der Waals surface area contributed by atoms with Crippen molar-refractivity contribution in [3.8, 4) is 34.1 Å². The fraction of sp³-hybridized carbons (Fsp3) is 0.226. The van der Waals surface area contributed by atoms with Gasteiger partial charge in [-0.2, -0.15) is 0 Å². The van der Waals surface area contributed by atoms with Gasteiger partial charge in [0.1, 0.15) is 23.0 Å². The van der Waals surface area contributed by atoms with Crippen molar-refractivity contribution in [2.75, 3.05) is 0 Å². The van der Waals surface area contributed by atoms with Crippen molar-refractivity contribution in [1.29, 1.82) is 0 Å². The van der Waals surface area contributed by atoms with Crippen LogP contribution in [0.25, 0.3) is 11.1 Å². The predicted molar refractivity (Wildman–Crippen MR) is 138 cm³/mol. The van der Waals surface area contributed by atoms with E-state index < -0.39 is 0 Å². The molecule has 33 heavy (non-hydrogen) atoms. The minimum Gasteiger partial charge on any atom is -0.457 e. The Hall–Kier alpha value is -3.52. The first kappa shape index (κ1) is 22.7. The molecule has 0 radical (unpaired) electrons. The highest BCUT2D eigenvalue weighted by molar-refractivity contribution is 5.65. The highest BCUT2D eigenvalue weighted by atomic mass is 16.5. The molecule has 4 aromatic rings. The fourth-order valence-electron chi connectivity index (χ4n) is 3.98. The molecule has 0 N–H and O–H groups in total. The summed E-state index contributed by atoms with van der Waals surface area (Å²) in [7, 11) is 0. The van der Waals surface area contributed by atoms with Gasteiger partial charge < -0.3 is 9.47 Å². The lowest BCUT2D eigenvalue weighted by molar-refractivity contribution is 0.432. The van der Waals surface area contributed by atoms with Crippen LogP contribution in [0.4, 0.5) is 0 Å². The first-order valence-electron chi connectivity index (χ1n) is 11.7. The topological polar surface area (TPSA) is 18.5 Å². The lowest BCUT2D eigenvalue weighted by Crippen LogP contribution is -2.19. The van der Waals surface area contributed by atoms with Crippen LogP contribution in [0.3, 0.4) is 0 Å². The Kier molecular flexibility index (Phi) is 6.84. The summed E-state index contributed by atoms with van der Waals surface area (Å²) in [5, 5.41) is 0. The van der Waals surface area contributed by atoms with Gasteiger partial charge >= 0.3 is 0 Å². The molecule has 4 aromatic carbocycles. The molecule has 0 aliphatic carbocycles. The number of hydrogen-bond donors (Lipinski definition) is 0. The Balaban J connectivity index is 1.44. The fourth-order valence-corrected chi connectivity index (χ4v) is 3.98. The molecule has 2 nitrogen and oxygen atoms in total. The lowest BCUT2D eigenvalue weighted by Gasteiger charge is -2.27. The zero-order valence-corrected chi connectivity index (χ0v) is 20.0. The number of hydrogen-bond acceptors (Lipinski definition) is 2. The summed E-state index contributed by atoms with van der Waals surface area (Å²) in [4.78, 5) is 0. The molecule has 0 atom stereocenters. The summed E-state index contributed by atoms with van der Waals surface area (Å²) in [5.74, 6) is 3.40. The third-order valence-electron chi connectivity index (χ3n) is 6.59. The zero-order chi connectivity index (χ0) is 23.3. The number of aryl methyl sites for hydroxylation is 1. The molecule has 0 saturated heterocycles. The quantitative estimate of drug-likeness (QED) is 0.274. The molecule has 0 fully saturated rings. The summed E-state index contributed by atoms with van der Waals surface area (Å²) in [6, 6.07) is 33.0. The zero-order valence-electron chi connectivity index (χ0n) is 20.0. The Labute approximate surface area is 197 Å². The maximum Gasteiger partial charge on any atom is 0.127 e. The molecular formula is C31H32O2. The van der Waals surface area contributed by atoms with Gasteiger partial charge in [-0.25, -0.2) is 0 Å². The minimum absolute atomic E-state index is 0.179. The van der Waals surface area contributed by atoms with E-state index >= 15 is 0 Å². The molecule has 0 heterocycles. The van der Waals surface area contributed by atoms with Crippen molar-refractivity contribution in [3.05, 3.63) is 108 Å². The molecule has 168 valence electrons. The van der Waals surface area contributed by atoms with Crippen LogP contribution in [0.1, 0.15) is 44.7 Å². The van der Waals surface area contributed by atoms with Crippen molar-refractivity contribution in [2.24, 2.45) is 0 Å². The summed E-state index contributed by atoms with van der Waals surface area (Å²) in [6.45, 7) is 8.87. The van der Waals surface area contributed by atoms with Gasteiger partial charge in [0.25, 0.3) is 0 Å². The summed E-state index contributed by atoms with van der Waals surface area (Å²) in [5.41, 5.74) is 4.97. The second-order valence-corrected chi connectivity index (χ2v) is 8.86. The molecule has 0 amide bonds. The van der Waals surface area contributed by atoms with E-state index in [2.05, 4.69) is 76.2 Å². The van der Waals surface area contributed by atoms with Crippen LogP contribution in [-0.2, 0) is 5.41 Å². The Bertz CT molecular complexity index is 1190. The Morgan fingerprint density at radius 3 is 1.55 bits per heavy atom. The van der Waals surface area contributed by atoms with E-state index in [0.717, 1.165) is 47.0 Å². The van der Waals surface area contributed by atoms with Crippen molar-refractivity contribution in [1.82, 2.24) is 0 Å². The van der Waals surface area contributed by atoms with Gasteiger partial charge in [-0.05, 0) is 96.0 Å². The van der Waals surface area contributed by atoms with Gasteiger partial charge in [0.2, 0.25) is 0 Å². The number of ether oxygens (including phenoxy) is 2. The van der Waals surface area contributed by atoms with E-state index in [-0.39, 0.29) is 5.41 Å². The van der Waals surface area contributed by atoms with Crippen LogP contribution in [0, 0.1) is 6.92 Å². The number of benzene rings is 4. The summed E-state index contributed by atoms with van der Waals surface area (Å²) >= 11 is 0. The third kappa shape index (κ3) is 5.46. The van der Waals surface area contributed by atoms with E-state index in [1.807, 2.05) is 48.5 Å². The SMILES string of the molecule is CCC(C)(CC)c1cccc(Oc2ccc(-c3ccc(Oc4cccc(C)c4)cc3)cc2)c1. The number of rotatable bonds is 8. The van der Waals surface area contributed by atoms with Crippen LogP contribution in [0.2, 0.25) is 0 Å². The van der Waals surface area contributed by atoms with Gasteiger partial charge in [0.05, 0.1) is 0 Å². The van der Waals surface area contributed by atoms with Crippen LogP contribution < -0.4 is 9.47 Å². The maximum atomic E-state index is 6.17. The Morgan fingerprint density at radius 2 is 1.06 bits per heavy atom. The van der Waals surface area contributed by atoms with Gasteiger partial charge in [0, 0.05) is 0 Å². The average molecular weight is 437 g/mol. The first-order valence-corrected chi connectivity index (χ1v) is 11.7. The Morgan fingerprint density at radius 1 is 0.576 bits per heavy atom. The minimum atomic E-state index is 0.179. The lowest BCUT2D eigenvalue weighted by atomic mass is 9.78. The normalized spacial score (nSPS) is 11.3. The largest absolute Gasteiger partial charge is 0.457 e. The van der Waals surface area contributed by atoms with Crippen LogP contribution in [0.15, 0.2) is 97.1 Å². The molecule has 4 rings (SSSR count). The molecule has 0 spiro atoms. The molecule has 2 heteroatoms. The van der Waals surface area contributed by atoms with E-state index in [1.54, 1.807) is 0 Å². The van der Waals surface area contributed by atoms with Crippen LogP contribution in [0.5, 0.6) is 23.0 Å². The monoisotopic (exact) mass is 436 g/mol. The van der Waals surface area contributed by atoms with Crippen molar-refractivity contribution >= 4 is 0 Å². The molecule has 0 saturated carbocycles. The molecule has 0 bridgehead atoms. The molecular weight excluding hydrogens is 404 g/mol. The second-order valence-electron chi connectivity index (χ2n) is 8.86. The van der Waals surface area contributed by atoms with Crippen LogP contribution in [-0.4, -0.2) is 0 Å². The van der Waals surface area contributed by atoms with Crippen molar-refractivity contribution in [3.63, 3.8) is 0 Å². The highest BCUT2D eigenvalue weighted by Gasteiger charge is 2.22.